The number of carbonyl (C=O) groups excluding carboxylic acids is 1. The van der Waals surface area contributed by atoms with E-state index in [1.807, 2.05) is 49.7 Å². The number of hydrogen-bond acceptors (Lipinski definition) is 7. The maximum atomic E-state index is 12.4. The van der Waals surface area contributed by atoms with E-state index in [1.165, 1.54) is 6.33 Å². The van der Waals surface area contributed by atoms with Gasteiger partial charge in [0.2, 0.25) is 0 Å². The largest absolute Gasteiger partial charge is 0.444 e. The molecule has 1 saturated heterocycles. The predicted octanol–water partition coefficient (Wildman–Crippen LogP) is 2.84. The molecule has 9 heteroatoms. The summed E-state index contributed by atoms with van der Waals surface area (Å²) in [5.41, 5.74) is 14.4. The SMILES string of the molecule is CC(C)(C)OC(=O)N1CCC(n2nc(-c3ccc(N)cc3)c3c(N)ncnc32)C1. The van der Waals surface area contributed by atoms with Gasteiger partial charge in [-0.2, -0.15) is 5.10 Å². The Bertz CT molecular complexity index is 1050. The molecule has 1 atom stereocenters. The molecule has 1 aromatic carbocycles. The molecule has 2 aromatic heterocycles. The monoisotopic (exact) mass is 395 g/mol. The molecule has 0 radical (unpaired) electrons. The topological polar surface area (TPSA) is 125 Å². The van der Waals surface area contributed by atoms with E-state index in [4.69, 9.17) is 21.3 Å². The number of aromatic nitrogens is 4. The number of nitrogen functional groups attached to an aromatic ring is 2. The van der Waals surface area contributed by atoms with Gasteiger partial charge in [-0.15, -0.1) is 0 Å². The number of nitrogens with zero attached hydrogens (tertiary/aromatic N) is 5. The van der Waals surface area contributed by atoms with Gasteiger partial charge in [-0.25, -0.2) is 19.4 Å². The van der Waals surface area contributed by atoms with Crippen molar-refractivity contribution in [2.24, 2.45) is 0 Å². The summed E-state index contributed by atoms with van der Waals surface area (Å²) in [6, 6.07) is 7.41. The molecule has 4 rings (SSSR count). The molecule has 1 aliphatic rings. The fourth-order valence-electron chi connectivity index (χ4n) is 3.53. The van der Waals surface area contributed by atoms with Gasteiger partial charge in [-0.1, -0.05) is 12.1 Å². The van der Waals surface area contributed by atoms with Gasteiger partial charge in [-0.3, -0.25) is 0 Å². The molecule has 1 unspecified atom stereocenters. The van der Waals surface area contributed by atoms with Crippen LogP contribution >= 0.6 is 0 Å². The van der Waals surface area contributed by atoms with Crippen LogP contribution in [0, 0.1) is 0 Å². The Morgan fingerprint density at radius 2 is 1.90 bits per heavy atom. The third-order valence-corrected chi connectivity index (χ3v) is 4.86. The molecule has 29 heavy (non-hydrogen) atoms. The third-order valence-electron chi connectivity index (χ3n) is 4.86. The van der Waals surface area contributed by atoms with Crippen LogP contribution < -0.4 is 11.5 Å². The van der Waals surface area contributed by atoms with Gasteiger partial charge >= 0.3 is 6.09 Å². The van der Waals surface area contributed by atoms with Crippen molar-refractivity contribution in [3.05, 3.63) is 30.6 Å². The predicted molar refractivity (Wildman–Crippen MR) is 111 cm³/mol. The Morgan fingerprint density at radius 1 is 1.17 bits per heavy atom. The molecule has 4 N–H and O–H groups in total. The van der Waals surface area contributed by atoms with E-state index in [1.54, 1.807) is 4.90 Å². The lowest BCUT2D eigenvalue weighted by molar-refractivity contribution is 0.0288. The molecule has 3 aromatic rings. The van der Waals surface area contributed by atoms with E-state index in [2.05, 4.69) is 9.97 Å². The average Bonchev–Trinajstić information content (AvgIpc) is 3.26. The van der Waals surface area contributed by atoms with Crippen LogP contribution in [0.25, 0.3) is 22.3 Å². The zero-order chi connectivity index (χ0) is 20.8. The van der Waals surface area contributed by atoms with Crippen LogP contribution in [0.2, 0.25) is 0 Å². The Balaban J connectivity index is 1.69. The van der Waals surface area contributed by atoms with Crippen LogP contribution in [-0.2, 0) is 4.74 Å². The number of nitrogens with two attached hydrogens (primary N) is 2. The van der Waals surface area contributed by atoms with Gasteiger partial charge in [0.05, 0.1) is 11.4 Å². The first-order valence-electron chi connectivity index (χ1n) is 9.55. The standard InChI is InChI=1S/C20H25N7O2/c1-20(2,3)29-19(28)26-9-8-14(10-26)27-18-15(17(22)23-11-24-18)16(25-27)12-4-6-13(21)7-5-12/h4-7,11,14H,8-10,21H2,1-3H3,(H2,22,23,24). The van der Waals surface area contributed by atoms with E-state index in [9.17, 15) is 4.79 Å². The van der Waals surface area contributed by atoms with Crippen molar-refractivity contribution in [1.82, 2.24) is 24.6 Å². The fraction of sp³-hybridized carbons (Fsp3) is 0.400. The summed E-state index contributed by atoms with van der Waals surface area (Å²) >= 11 is 0. The maximum absolute atomic E-state index is 12.4. The van der Waals surface area contributed by atoms with Crippen LogP contribution in [0.1, 0.15) is 33.2 Å². The minimum atomic E-state index is -0.530. The number of likely N-dealkylation sites (tertiary alicyclic amines) is 1. The van der Waals surface area contributed by atoms with Crippen molar-refractivity contribution in [3.8, 4) is 11.3 Å². The number of fused-ring (bicyclic) bond motifs is 1. The fourth-order valence-corrected chi connectivity index (χ4v) is 3.53. The van der Waals surface area contributed by atoms with Gasteiger partial charge in [-0.05, 0) is 39.3 Å². The Morgan fingerprint density at radius 3 is 2.59 bits per heavy atom. The maximum Gasteiger partial charge on any atom is 0.410 e. The molecule has 1 aliphatic heterocycles. The molecule has 152 valence electrons. The van der Waals surface area contributed by atoms with Crippen molar-refractivity contribution < 1.29 is 9.53 Å². The van der Waals surface area contributed by atoms with Gasteiger partial charge in [0, 0.05) is 24.3 Å². The molecule has 1 fully saturated rings. The molecular formula is C20H25N7O2. The smallest absolute Gasteiger partial charge is 0.410 e. The van der Waals surface area contributed by atoms with Crippen molar-refractivity contribution >= 4 is 28.6 Å². The van der Waals surface area contributed by atoms with Crippen molar-refractivity contribution in [2.45, 2.75) is 38.8 Å². The number of carbonyl (C=O) groups is 1. The molecular weight excluding hydrogens is 370 g/mol. The molecule has 3 heterocycles. The normalized spacial score (nSPS) is 17.1. The van der Waals surface area contributed by atoms with E-state index in [0.29, 0.717) is 41.3 Å². The van der Waals surface area contributed by atoms with Crippen molar-refractivity contribution in [2.75, 3.05) is 24.6 Å². The van der Waals surface area contributed by atoms with E-state index >= 15 is 0 Å². The van der Waals surface area contributed by atoms with E-state index in [-0.39, 0.29) is 12.1 Å². The molecule has 0 spiro atoms. The summed E-state index contributed by atoms with van der Waals surface area (Å²) in [7, 11) is 0. The summed E-state index contributed by atoms with van der Waals surface area (Å²) in [5, 5.41) is 5.52. The summed E-state index contributed by atoms with van der Waals surface area (Å²) in [6.45, 7) is 6.67. The summed E-state index contributed by atoms with van der Waals surface area (Å²) in [4.78, 5) is 22.7. The highest BCUT2D eigenvalue weighted by atomic mass is 16.6. The van der Waals surface area contributed by atoms with Gasteiger partial charge in [0.15, 0.2) is 5.65 Å². The van der Waals surface area contributed by atoms with Gasteiger partial charge in [0.1, 0.15) is 23.4 Å². The Kier molecular flexibility index (Phi) is 4.52. The molecule has 0 saturated carbocycles. The quantitative estimate of drug-likeness (QED) is 0.639. The molecule has 1 amide bonds. The molecule has 9 nitrogen and oxygen atoms in total. The third kappa shape index (κ3) is 3.67. The summed E-state index contributed by atoms with van der Waals surface area (Å²) in [5.74, 6) is 0.370. The summed E-state index contributed by atoms with van der Waals surface area (Å²) < 4.78 is 7.35. The number of anilines is 2. The van der Waals surface area contributed by atoms with Gasteiger partial charge < -0.3 is 21.1 Å². The van der Waals surface area contributed by atoms with Crippen LogP contribution in [0.3, 0.4) is 0 Å². The van der Waals surface area contributed by atoms with Gasteiger partial charge in [0.25, 0.3) is 0 Å². The van der Waals surface area contributed by atoms with Crippen molar-refractivity contribution in [3.63, 3.8) is 0 Å². The second-order valence-corrected chi connectivity index (χ2v) is 8.24. The first-order chi connectivity index (χ1) is 13.7. The van der Waals surface area contributed by atoms with Crippen LogP contribution in [0.15, 0.2) is 30.6 Å². The van der Waals surface area contributed by atoms with Crippen LogP contribution in [0.5, 0.6) is 0 Å². The first kappa shape index (κ1) is 19.0. The summed E-state index contributed by atoms with van der Waals surface area (Å²) in [6.07, 6.45) is 1.87. The van der Waals surface area contributed by atoms with Crippen molar-refractivity contribution in [1.29, 1.82) is 0 Å². The van der Waals surface area contributed by atoms with Crippen LogP contribution in [0.4, 0.5) is 16.3 Å². The lowest BCUT2D eigenvalue weighted by Gasteiger charge is -2.24. The number of amides is 1. The lowest BCUT2D eigenvalue weighted by atomic mass is 10.1. The average molecular weight is 395 g/mol. The minimum Gasteiger partial charge on any atom is -0.444 e. The van der Waals surface area contributed by atoms with E-state index < -0.39 is 5.60 Å². The molecule has 0 bridgehead atoms. The highest BCUT2D eigenvalue weighted by molar-refractivity contribution is 5.98. The van der Waals surface area contributed by atoms with E-state index in [0.717, 1.165) is 12.0 Å². The highest BCUT2D eigenvalue weighted by Gasteiger charge is 2.33. The Labute approximate surface area is 168 Å². The number of hydrogen-bond donors (Lipinski definition) is 2. The van der Waals surface area contributed by atoms with Crippen LogP contribution in [-0.4, -0.2) is 49.4 Å². The molecule has 0 aliphatic carbocycles. The minimum absolute atomic E-state index is 0.0261. The number of rotatable bonds is 2. The second kappa shape index (κ2) is 6.91. The Hall–Kier alpha value is -3.36. The highest BCUT2D eigenvalue weighted by Crippen LogP contribution is 2.34. The number of benzene rings is 1. The second-order valence-electron chi connectivity index (χ2n) is 8.24. The lowest BCUT2D eigenvalue weighted by Crippen LogP contribution is -2.35. The zero-order valence-electron chi connectivity index (χ0n) is 16.8. The first-order valence-corrected chi connectivity index (χ1v) is 9.55. The zero-order valence-corrected chi connectivity index (χ0v) is 16.8. The number of ether oxygens (including phenoxy) is 1.